The fraction of sp³-hybridized carbons (Fsp3) is 0.231. The Morgan fingerprint density at radius 3 is 2.84 bits per heavy atom. The molecule has 3 N–H and O–H groups in total. The topological polar surface area (TPSA) is 72.9 Å². The number of amides is 1. The molecule has 0 aliphatic rings. The summed E-state index contributed by atoms with van der Waals surface area (Å²) < 4.78 is 1.71. The Labute approximate surface area is 116 Å². The molecule has 1 aromatic carbocycles. The molecule has 0 atom stereocenters. The molecule has 100 valence electrons. The van der Waals surface area contributed by atoms with Gasteiger partial charge in [-0.05, 0) is 19.1 Å². The normalized spacial score (nSPS) is 10.5. The lowest BCUT2D eigenvalue weighted by molar-refractivity contribution is 0.0952. The van der Waals surface area contributed by atoms with Crippen LogP contribution >= 0.6 is 11.6 Å². The lowest BCUT2D eigenvalue weighted by atomic mass is 10.1. The number of anilines is 1. The van der Waals surface area contributed by atoms with Crippen LogP contribution in [0.25, 0.3) is 0 Å². The van der Waals surface area contributed by atoms with Crippen molar-refractivity contribution < 1.29 is 4.79 Å². The number of halogens is 1. The van der Waals surface area contributed by atoms with Gasteiger partial charge < -0.3 is 11.1 Å². The van der Waals surface area contributed by atoms with Gasteiger partial charge in [-0.1, -0.05) is 17.7 Å². The number of nitrogens with one attached hydrogen (secondary N) is 1. The van der Waals surface area contributed by atoms with E-state index in [9.17, 15) is 4.79 Å². The molecule has 0 unspecified atom stereocenters. The average Bonchev–Trinajstić information content (AvgIpc) is 2.65. The van der Waals surface area contributed by atoms with Crippen LogP contribution in [0.3, 0.4) is 0 Å². The third-order valence-corrected chi connectivity index (χ3v) is 3.14. The number of carbonyl (C=O) groups excluding carboxylic acids is 1. The highest BCUT2D eigenvalue weighted by Crippen LogP contribution is 2.21. The van der Waals surface area contributed by atoms with Crippen molar-refractivity contribution in [2.45, 2.75) is 13.5 Å². The summed E-state index contributed by atoms with van der Waals surface area (Å²) in [6.45, 7) is 2.29. The summed E-state index contributed by atoms with van der Waals surface area (Å²) in [4.78, 5) is 12.1. The molecule has 2 aromatic rings. The van der Waals surface area contributed by atoms with Gasteiger partial charge >= 0.3 is 0 Å². The maximum Gasteiger partial charge on any atom is 0.255 e. The molecule has 1 heterocycles. The first-order chi connectivity index (χ1) is 8.99. The summed E-state index contributed by atoms with van der Waals surface area (Å²) in [6.07, 6.45) is 1.87. The van der Waals surface area contributed by atoms with E-state index >= 15 is 0 Å². The second kappa shape index (κ2) is 5.32. The van der Waals surface area contributed by atoms with Crippen LogP contribution < -0.4 is 11.1 Å². The van der Waals surface area contributed by atoms with Gasteiger partial charge in [0.1, 0.15) is 0 Å². The number of benzene rings is 1. The van der Waals surface area contributed by atoms with Crippen molar-refractivity contribution in [3.05, 3.63) is 46.2 Å². The van der Waals surface area contributed by atoms with Crippen LogP contribution in [0.15, 0.2) is 24.4 Å². The minimum Gasteiger partial charge on any atom is -0.398 e. The van der Waals surface area contributed by atoms with E-state index < -0.39 is 0 Å². The fourth-order valence-electron chi connectivity index (χ4n) is 1.87. The fourth-order valence-corrected chi connectivity index (χ4v) is 2.13. The molecule has 5 nitrogen and oxygen atoms in total. The van der Waals surface area contributed by atoms with Gasteiger partial charge in [0.25, 0.3) is 5.91 Å². The standard InChI is InChI=1S/C13H15ClN4O/c1-8-9(7-18(2)17-8)6-16-13(19)12-10(14)4-3-5-11(12)15/h3-5,7H,6,15H2,1-2H3,(H,16,19). The first-order valence-electron chi connectivity index (χ1n) is 5.80. The maximum absolute atomic E-state index is 12.1. The first-order valence-corrected chi connectivity index (χ1v) is 6.18. The number of nitrogens with zero attached hydrogens (tertiary/aromatic N) is 2. The SMILES string of the molecule is Cc1nn(C)cc1CNC(=O)c1c(N)cccc1Cl. The molecule has 19 heavy (non-hydrogen) atoms. The molecule has 0 spiro atoms. The van der Waals surface area contributed by atoms with Gasteiger partial charge in [0.15, 0.2) is 0 Å². The Bertz CT molecular complexity index is 601. The summed E-state index contributed by atoms with van der Waals surface area (Å²) >= 11 is 5.98. The van der Waals surface area contributed by atoms with Crippen LogP contribution in [0.2, 0.25) is 5.02 Å². The lowest BCUT2D eigenvalue weighted by Gasteiger charge is -2.08. The average molecular weight is 279 g/mol. The van der Waals surface area contributed by atoms with Crippen LogP contribution in [0.4, 0.5) is 5.69 Å². The van der Waals surface area contributed by atoms with Gasteiger partial charge in [0.05, 0.1) is 16.3 Å². The highest BCUT2D eigenvalue weighted by Gasteiger charge is 2.14. The molecule has 1 amide bonds. The van der Waals surface area contributed by atoms with Crippen LogP contribution in [-0.4, -0.2) is 15.7 Å². The van der Waals surface area contributed by atoms with Crippen molar-refractivity contribution in [2.75, 3.05) is 5.73 Å². The molecule has 0 aliphatic carbocycles. The number of nitrogen functional groups attached to an aromatic ring is 1. The summed E-state index contributed by atoms with van der Waals surface area (Å²) in [7, 11) is 1.84. The van der Waals surface area contributed by atoms with E-state index in [0.717, 1.165) is 11.3 Å². The van der Waals surface area contributed by atoms with Crippen molar-refractivity contribution >= 4 is 23.2 Å². The van der Waals surface area contributed by atoms with Gasteiger partial charge in [-0.15, -0.1) is 0 Å². The molecule has 2 rings (SSSR count). The van der Waals surface area contributed by atoms with Crippen molar-refractivity contribution in [2.24, 2.45) is 7.05 Å². The predicted octanol–water partition coefficient (Wildman–Crippen LogP) is 1.89. The predicted molar refractivity (Wildman–Crippen MR) is 75.0 cm³/mol. The van der Waals surface area contributed by atoms with Crippen LogP contribution in [0, 0.1) is 6.92 Å². The number of aryl methyl sites for hydroxylation is 2. The van der Waals surface area contributed by atoms with Gasteiger partial charge in [-0.2, -0.15) is 5.10 Å². The molecular formula is C13H15ClN4O. The van der Waals surface area contributed by atoms with E-state index in [4.69, 9.17) is 17.3 Å². The van der Waals surface area contributed by atoms with E-state index in [2.05, 4.69) is 10.4 Å². The van der Waals surface area contributed by atoms with Crippen LogP contribution in [-0.2, 0) is 13.6 Å². The minimum absolute atomic E-state index is 0.286. The van der Waals surface area contributed by atoms with E-state index in [1.165, 1.54) is 0 Å². The first kappa shape index (κ1) is 13.4. The number of nitrogens with two attached hydrogens (primary N) is 1. The lowest BCUT2D eigenvalue weighted by Crippen LogP contribution is -2.24. The molecule has 1 aromatic heterocycles. The second-order valence-corrected chi connectivity index (χ2v) is 4.71. The number of carbonyl (C=O) groups is 1. The summed E-state index contributed by atoms with van der Waals surface area (Å²) in [5.74, 6) is -0.286. The van der Waals surface area contributed by atoms with Crippen molar-refractivity contribution in [1.29, 1.82) is 0 Å². The quantitative estimate of drug-likeness (QED) is 0.842. The third-order valence-electron chi connectivity index (χ3n) is 2.83. The Hall–Kier alpha value is -2.01. The Balaban J connectivity index is 2.12. The number of hydrogen-bond acceptors (Lipinski definition) is 3. The van der Waals surface area contributed by atoms with Gasteiger partial charge in [0, 0.05) is 31.0 Å². The Morgan fingerprint density at radius 2 is 2.26 bits per heavy atom. The molecule has 0 fully saturated rings. The van der Waals surface area contributed by atoms with Gasteiger partial charge in [-0.25, -0.2) is 0 Å². The molecule has 6 heteroatoms. The third kappa shape index (κ3) is 2.88. The highest BCUT2D eigenvalue weighted by atomic mass is 35.5. The Kier molecular flexibility index (Phi) is 3.76. The minimum atomic E-state index is -0.286. The largest absolute Gasteiger partial charge is 0.398 e. The van der Waals surface area contributed by atoms with Gasteiger partial charge in [-0.3, -0.25) is 9.48 Å². The van der Waals surface area contributed by atoms with Crippen LogP contribution in [0.1, 0.15) is 21.6 Å². The number of hydrogen-bond donors (Lipinski definition) is 2. The second-order valence-electron chi connectivity index (χ2n) is 4.30. The highest BCUT2D eigenvalue weighted by molar-refractivity contribution is 6.34. The van der Waals surface area contributed by atoms with Crippen LogP contribution in [0.5, 0.6) is 0 Å². The molecule has 0 radical (unpaired) electrons. The molecule has 0 saturated heterocycles. The smallest absolute Gasteiger partial charge is 0.255 e. The van der Waals surface area contributed by atoms with Crippen molar-refractivity contribution in [1.82, 2.24) is 15.1 Å². The zero-order valence-corrected chi connectivity index (χ0v) is 11.5. The van der Waals surface area contributed by atoms with E-state index in [-0.39, 0.29) is 5.91 Å². The monoisotopic (exact) mass is 278 g/mol. The van der Waals surface area contributed by atoms with Crippen molar-refractivity contribution in [3.63, 3.8) is 0 Å². The Morgan fingerprint density at radius 1 is 1.53 bits per heavy atom. The summed E-state index contributed by atoms with van der Waals surface area (Å²) in [5.41, 5.74) is 8.29. The molecule has 0 aliphatic heterocycles. The van der Waals surface area contributed by atoms with Gasteiger partial charge in [0.2, 0.25) is 0 Å². The summed E-state index contributed by atoms with van der Waals surface area (Å²) in [5, 5.41) is 7.35. The van der Waals surface area contributed by atoms with E-state index in [0.29, 0.717) is 22.8 Å². The van der Waals surface area contributed by atoms with E-state index in [1.54, 1.807) is 22.9 Å². The zero-order chi connectivity index (χ0) is 14.0. The van der Waals surface area contributed by atoms with Crippen molar-refractivity contribution in [3.8, 4) is 0 Å². The number of rotatable bonds is 3. The maximum atomic E-state index is 12.1. The zero-order valence-electron chi connectivity index (χ0n) is 10.8. The molecular weight excluding hydrogens is 264 g/mol. The van der Waals surface area contributed by atoms with E-state index in [1.807, 2.05) is 20.2 Å². The summed E-state index contributed by atoms with van der Waals surface area (Å²) in [6, 6.07) is 5.00. The number of aromatic nitrogens is 2. The molecule has 0 bridgehead atoms. The molecule has 0 saturated carbocycles.